The Labute approximate surface area is 114 Å². The van der Waals surface area contributed by atoms with E-state index in [1.165, 1.54) is 5.56 Å². The van der Waals surface area contributed by atoms with Gasteiger partial charge in [-0.1, -0.05) is 26.0 Å². The summed E-state index contributed by atoms with van der Waals surface area (Å²) in [6.45, 7) is 6.77. The predicted octanol–water partition coefficient (Wildman–Crippen LogP) is 3.76. The normalized spacial score (nSPS) is 10.8. The molecule has 1 aromatic carbocycles. The molecule has 0 aliphatic heterocycles. The summed E-state index contributed by atoms with van der Waals surface area (Å²) in [7, 11) is 0. The highest BCUT2D eigenvalue weighted by molar-refractivity contribution is 5.33. The average Bonchev–Trinajstić information content (AvgIpc) is 2.38. The molecule has 100 valence electrons. The lowest BCUT2D eigenvalue weighted by molar-refractivity contribution is 0.460. The number of hydrogen-bond acceptors (Lipinski definition) is 3. The van der Waals surface area contributed by atoms with Gasteiger partial charge >= 0.3 is 0 Å². The number of hydrogen-bond donors (Lipinski definition) is 1. The van der Waals surface area contributed by atoms with Crippen LogP contribution in [-0.4, -0.2) is 4.98 Å². The van der Waals surface area contributed by atoms with Crippen molar-refractivity contribution in [2.75, 3.05) is 0 Å². The second-order valence-electron chi connectivity index (χ2n) is 4.98. The fourth-order valence-corrected chi connectivity index (χ4v) is 1.92. The Morgan fingerprint density at radius 2 is 1.84 bits per heavy atom. The third-order valence-corrected chi connectivity index (χ3v) is 2.99. The highest BCUT2D eigenvalue weighted by Crippen LogP contribution is 2.23. The largest absolute Gasteiger partial charge is 0.439 e. The molecule has 2 N–H and O–H groups in total. The predicted molar refractivity (Wildman–Crippen MR) is 77.5 cm³/mol. The first-order valence-corrected chi connectivity index (χ1v) is 6.54. The van der Waals surface area contributed by atoms with Crippen LogP contribution in [0, 0.1) is 6.92 Å². The van der Waals surface area contributed by atoms with Crippen molar-refractivity contribution < 1.29 is 4.74 Å². The second-order valence-corrected chi connectivity index (χ2v) is 4.98. The summed E-state index contributed by atoms with van der Waals surface area (Å²) in [4.78, 5) is 4.36. The van der Waals surface area contributed by atoms with Crippen LogP contribution in [0.4, 0.5) is 0 Å². The highest BCUT2D eigenvalue weighted by atomic mass is 16.5. The lowest BCUT2D eigenvalue weighted by Crippen LogP contribution is -1.99. The quantitative estimate of drug-likeness (QED) is 0.906. The van der Waals surface area contributed by atoms with Crippen LogP contribution in [-0.2, 0) is 6.54 Å². The van der Waals surface area contributed by atoms with Gasteiger partial charge in [0.15, 0.2) is 0 Å². The molecule has 0 radical (unpaired) electrons. The summed E-state index contributed by atoms with van der Waals surface area (Å²) in [6, 6.07) is 12.0. The summed E-state index contributed by atoms with van der Waals surface area (Å²) in [5, 5.41) is 0. The van der Waals surface area contributed by atoms with Gasteiger partial charge in [0.25, 0.3) is 0 Å². The monoisotopic (exact) mass is 256 g/mol. The van der Waals surface area contributed by atoms with Crippen LogP contribution in [0.5, 0.6) is 11.6 Å². The zero-order valence-corrected chi connectivity index (χ0v) is 11.7. The molecule has 0 aliphatic rings. The molecular weight excluding hydrogens is 236 g/mol. The number of aryl methyl sites for hydroxylation is 1. The minimum absolute atomic E-state index is 0.492. The number of pyridine rings is 1. The standard InChI is InChI=1S/C16H20N2O/c1-11(2)14-4-6-15(7-5-14)19-16-9-13(10-17)8-12(3)18-16/h4-9,11H,10,17H2,1-3H3. The molecule has 0 spiro atoms. The molecule has 2 aromatic rings. The molecular formula is C16H20N2O. The SMILES string of the molecule is Cc1cc(CN)cc(Oc2ccc(C(C)C)cc2)n1. The number of aromatic nitrogens is 1. The molecule has 0 amide bonds. The van der Waals surface area contributed by atoms with Crippen molar-refractivity contribution in [1.82, 2.24) is 4.98 Å². The van der Waals surface area contributed by atoms with E-state index in [4.69, 9.17) is 10.5 Å². The Bertz CT molecular complexity index is 547. The van der Waals surface area contributed by atoms with Gasteiger partial charge in [-0.3, -0.25) is 0 Å². The van der Waals surface area contributed by atoms with Crippen molar-refractivity contribution >= 4 is 0 Å². The van der Waals surface area contributed by atoms with Gasteiger partial charge in [-0.05, 0) is 42.2 Å². The summed E-state index contributed by atoms with van der Waals surface area (Å²) in [6.07, 6.45) is 0. The van der Waals surface area contributed by atoms with E-state index >= 15 is 0 Å². The van der Waals surface area contributed by atoms with Crippen LogP contribution >= 0.6 is 0 Å². The molecule has 3 heteroatoms. The first-order valence-electron chi connectivity index (χ1n) is 6.54. The zero-order valence-electron chi connectivity index (χ0n) is 11.7. The van der Waals surface area contributed by atoms with E-state index in [0.717, 1.165) is 17.0 Å². The molecule has 2 rings (SSSR count). The topological polar surface area (TPSA) is 48.1 Å². The van der Waals surface area contributed by atoms with Gasteiger partial charge in [-0.15, -0.1) is 0 Å². The van der Waals surface area contributed by atoms with Crippen LogP contribution < -0.4 is 10.5 Å². The van der Waals surface area contributed by atoms with E-state index in [1.807, 2.05) is 31.2 Å². The van der Waals surface area contributed by atoms with E-state index in [-0.39, 0.29) is 0 Å². The molecule has 0 fully saturated rings. The van der Waals surface area contributed by atoms with Crippen LogP contribution in [0.1, 0.15) is 36.6 Å². The van der Waals surface area contributed by atoms with Crippen LogP contribution in [0.2, 0.25) is 0 Å². The first-order chi connectivity index (χ1) is 9.08. The Balaban J connectivity index is 2.18. The molecule has 1 heterocycles. The third kappa shape index (κ3) is 3.55. The lowest BCUT2D eigenvalue weighted by atomic mass is 10.0. The highest BCUT2D eigenvalue weighted by Gasteiger charge is 2.03. The van der Waals surface area contributed by atoms with Gasteiger partial charge < -0.3 is 10.5 Å². The van der Waals surface area contributed by atoms with Crippen molar-refractivity contribution in [3.63, 3.8) is 0 Å². The van der Waals surface area contributed by atoms with Crippen molar-refractivity contribution in [3.8, 4) is 11.6 Å². The molecule has 3 nitrogen and oxygen atoms in total. The molecule has 0 aliphatic carbocycles. The van der Waals surface area contributed by atoms with Gasteiger partial charge in [0.2, 0.25) is 5.88 Å². The maximum Gasteiger partial charge on any atom is 0.219 e. The summed E-state index contributed by atoms with van der Waals surface area (Å²) in [5.74, 6) is 1.92. The number of rotatable bonds is 4. The minimum Gasteiger partial charge on any atom is -0.439 e. The molecule has 0 unspecified atom stereocenters. The zero-order chi connectivity index (χ0) is 13.8. The van der Waals surface area contributed by atoms with Gasteiger partial charge in [0, 0.05) is 18.3 Å². The molecule has 19 heavy (non-hydrogen) atoms. The smallest absolute Gasteiger partial charge is 0.219 e. The summed E-state index contributed by atoms with van der Waals surface area (Å²) in [5.41, 5.74) is 8.89. The van der Waals surface area contributed by atoms with E-state index in [2.05, 4.69) is 31.0 Å². The fourth-order valence-electron chi connectivity index (χ4n) is 1.92. The van der Waals surface area contributed by atoms with Crippen LogP contribution in [0.15, 0.2) is 36.4 Å². The average molecular weight is 256 g/mol. The minimum atomic E-state index is 0.492. The molecule has 0 saturated carbocycles. The van der Waals surface area contributed by atoms with Crippen molar-refractivity contribution in [2.45, 2.75) is 33.2 Å². The van der Waals surface area contributed by atoms with Gasteiger partial charge in [0.1, 0.15) is 5.75 Å². The van der Waals surface area contributed by atoms with Gasteiger partial charge in [-0.2, -0.15) is 0 Å². The fraction of sp³-hybridized carbons (Fsp3) is 0.312. The van der Waals surface area contributed by atoms with E-state index in [9.17, 15) is 0 Å². The second kappa shape index (κ2) is 5.85. The summed E-state index contributed by atoms with van der Waals surface area (Å²) < 4.78 is 5.77. The Morgan fingerprint density at radius 3 is 2.42 bits per heavy atom. The van der Waals surface area contributed by atoms with E-state index in [0.29, 0.717) is 18.3 Å². The number of nitrogens with two attached hydrogens (primary N) is 1. The van der Waals surface area contributed by atoms with Gasteiger partial charge in [-0.25, -0.2) is 4.98 Å². The van der Waals surface area contributed by atoms with Crippen molar-refractivity contribution in [1.29, 1.82) is 0 Å². The summed E-state index contributed by atoms with van der Waals surface area (Å²) >= 11 is 0. The maximum absolute atomic E-state index is 5.77. The molecule has 0 saturated heterocycles. The maximum atomic E-state index is 5.77. The number of benzene rings is 1. The Kier molecular flexibility index (Phi) is 4.17. The molecule has 0 bridgehead atoms. The van der Waals surface area contributed by atoms with Crippen molar-refractivity contribution in [2.24, 2.45) is 5.73 Å². The Morgan fingerprint density at radius 1 is 1.16 bits per heavy atom. The Hall–Kier alpha value is -1.87. The van der Waals surface area contributed by atoms with E-state index in [1.54, 1.807) is 0 Å². The first kappa shape index (κ1) is 13.6. The van der Waals surface area contributed by atoms with Crippen LogP contribution in [0.3, 0.4) is 0 Å². The number of nitrogens with zero attached hydrogens (tertiary/aromatic N) is 1. The number of ether oxygens (including phenoxy) is 1. The molecule has 0 atom stereocenters. The lowest BCUT2D eigenvalue weighted by Gasteiger charge is -2.09. The van der Waals surface area contributed by atoms with Crippen molar-refractivity contribution in [3.05, 3.63) is 53.2 Å². The van der Waals surface area contributed by atoms with E-state index < -0.39 is 0 Å². The van der Waals surface area contributed by atoms with Gasteiger partial charge in [0.05, 0.1) is 0 Å². The van der Waals surface area contributed by atoms with Crippen LogP contribution in [0.25, 0.3) is 0 Å². The third-order valence-electron chi connectivity index (χ3n) is 2.99. The molecule has 1 aromatic heterocycles.